The molecule has 7 heterocycles. The van der Waals surface area contributed by atoms with Gasteiger partial charge in [-0.15, -0.1) is 11.3 Å². The number of rotatable bonds is 22. The van der Waals surface area contributed by atoms with Crippen LogP contribution in [0.1, 0.15) is 115 Å². The molecule has 21 nitrogen and oxygen atoms in total. The van der Waals surface area contributed by atoms with Crippen LogP contribution >= 0.6 is 11.3 Å². The Balaban J connectivity index is 0.690. The van der Waals surface area contributed by atoms with Crippen LogP contribution in [0.2, 0.25) is 0 Å². The summed E-state index contributed by atoms with van der Waals surface area (Å²) in [7, 11) is 0. The molecule has 0 spiro atoms. The number of primary amides is 1. The SMILES string of the molecule is Cc1cc([C@H](C(=O)N2CC(O)CC2(C(N)=O)[C@@H](CC(=O)NCCCCCNC(=O)CN2CCN(C(=O)c3ccc(Nc4nc(C5CC5)cn5c(-c6cn[nH]c6)cnc45)c(F)c3)CC2)c2ccc(-c3scnc3C)cc2)C(C)C)on1. The van der Waals surface area contributed by atoms with E-state index >= 15 is 4.39 Å². The molecule has 2 aliphatic heterocycles. The normalized spacial score (nSPS) is 18.4. The van der Waals surface area contributed by atoms with Gasteiger partial charge in [0.15, 0.2) is 11.5 Å². The number of amides is 5. The number of piperazine rings is 1. The van der Waals surface area contributed by atoms with Gasteiger partial charge >= 0.3 is 0 Å². The fourth-order valence-electron chi connectivity index (χ4n) is 11.2. The van der Waals surface area contributed by atoms with Crippen molar-refractivity contribution in [3.8, 4) is 21.7 Å². The lowest BCUT2D eigenvalue weighted by Crippen LogP contribution is -2.61. The van der Waals surface area contributed by atoms with Crippen molar-refractivity contribution < 1.29 is 38.0 Å². The number of H-pyrrole nitrogens is 1. The minimum atomic E-state index is -1.77. The molecule has 5 amide bonds. The molecule has 4 atom stereocenters. The number of carbonyl (C=O) groups is 5. The Morgan fingerprint density at radius 1 is 0.938 bits per heavy atom. The minimum absolute atomic E-state index is 0.143. The summed E-state index contributed by atoms with van der Waals surface area (Å²) in [4.78, 5) is 89.0. The van der Waals surface area contributed by atoms with Crippen molar-refractivity contribution in [2.45, 2.75) is 102 Å². The van der Waals surface area contributed by atoms with E-state index in [1.165, 1.54) is 22.3 Å². The predicted octanol–water partition coefficient (Wildman–Crippen LogP) is 6.20. The fraction of sp³-hybridized carbons (Fsp3) is 0.439. The topological polar surface area (TPSA) is 275 Å². The summed E-state index contributed by atoms with van der Waals surface area (Å²) >= 11 is 1.50. The number of carbonyl (C=O) groups excluding carboxylic acids is 5. The van der Waals surface area contributed by atoms with Crippen LogP contribution in [0.3, 0.4) is 0 Å². The summed E-state index contributed by atoms with van der Waals surface area (Å²) in [6.45, 7) is 9.85. The molecule has 1 saturated carbocycles. The molecule has 1 aliphatic carbocycles. The number of aromatic nitrogens is 7. The number of aliphatic hydroxyl groups is 1. The van der Waals surface area contributed by atoms with Crippen molar-refractivity contribution in [3.05, 3.63) is 119 Å². The summed E-state index contributed by atoms with van der Waals surface area (Å²) in [5, 5.41) is 31.3. The summed E-state index contributed by atoms with van der Waals surface area (Å²) in [6.07, 6.45) is 9.78. The second kappa shape index (κ2) is 23.8. The number of β-amino-alcohol motifs (C(OH)–C–C–N with tert-alkyl or cyclic N) is 1. The highest BCUT2D eigenvalue weighted by atomic mass is 32.1. The standard InChI is InChI=1S/C57H67FN14O7S/c1-33(2)50(47-22-34(3)68-79-47)55(77)72-29-41(73)25-57(72,56(59)78)42(36-8-12-38(13-9-36)51-35(4)63-32-80-51)24-48(74)60-16-6-5-7-17-61-49(75)31-69-18-20-70(21-19-69)54(76)39-14-15-44(43(58)23-39)66-52-53-62-28-46(40-26-64-65-27-40)71(53)30-45(67-52)37-10-11-37/h8-9,12-15,22-23,26-28,30,32-33,37,41-42,50,73H,5-7,10-11,16-21,24-25,29,31H2,1-4H3,(H2,59,78)(H,60,74)(H,61,75)(H,64,65)(H,66,67)/t41?,42-,50+,57?/m0/s1. The van der Waals surface area contributed by atoms with Gasteiger partial charge in [-0.25, -0.2) is 19.3 Å². The highest BCUT2D eigenvalue weighted by Crippen LogP contribution is 2.47. The van der Waals surface area contributed by atoms with Gasteiger partial charge in [0.1, 0.15) is 23.0 Å². The van der Waals surface area contributed by atoms with E-state index in [1.54, 1.807) is 54.1 Å². The molecule has 420 valence electrons. The van der Waals surface area contributed by atoms with Gasteiger partial charge in [0.25, 0.3) is 5.91 Å². The van der Waals surface area contributed by atoms with Crippen LogP contribution in [0.15, 0.2) is 83.4 Å². The first-order chi connectivity index (χ1) is 38.6. The minimum Gasteiger partial charge on any atom is -0.391 e. The van der Waals surface area contributed by atoms with E-state index in [0.717, 1.165) is 45.9 Å². The van der Waals surface area contributed by atoms with Crippen molar-refractivity contribution in [2.24, 2.45) is 11.7 Å². The first-order valence-electron chi connectivity index (χ1n) is 27.3. The number of imidazole rings is 1. The van der Waals surface area contributed by atoms with E-state index in [2.05, 4.69) is 41.3 Å². The first-order valence-corrected chi connectivity index (χ1v) is 28.2. The van der Waals surface area contributed by atoms with Crippen molar-refractivity contribution >= 4 is 58.0 Å². The maximum Gasteiger partial charge on any atom is 0.254 e. The van der Waals surface area contributed by atoms with E-state index in [0.29, 0.717) is 92.9 Å². The lowest BCUT2D eigenvalue weighted by molar-refractivity contribution is -0.148. The lowest BCUT2D eigenvalue weighted by atomic mass is 9.73. The molecule has 80 heavy (non-hydrogen) atoms. The Labute approximate surface area is 465 Å². The Bertz CT molecular complexity index is 3370. The molecule has 10 rings (SSSR count). The summed E-state index contributed by atoms with van der Waals surface area (Å²) in [5.41, 5.74) is 12.8. The molecule has 2 unspecified atom stereocenters. The van der Waals surface area contributed by atoms with Crippen molar-refractivity contribution in [3.63, 3.8) is 0 Å². The fourth-order valence-corrected chi connectivity index (χ4v) is 12.0. The Hall–Kier alpha value is -7.89. The molecule has 5 aromatic heterocycles. The third kappa shape index (κ3) is 11.8. The van der Waals surface area contributed by atoms with Gasteiger partial charge in [0.2, 0.25) is 23.6 Å². The average Bonchev–Trinajstić information content (AvgIpc) is 4.15. The number of benzene rings is 2. The number of thiazole rings is 1. The van der Waals surface area contributed by atoms with E-state index < -0.39 is 41.1 Å². The van der Waals surface area contributed by atoms with Gasteiger partial charge in [-0.3, -0.25) is 38.4 Å². The van der Waals surface area contributed by atoms with Gasteiger partial charge in [-0.05, 0) is 81.2 Å². The molecule has 7 aromatic rings. The van der Waals surface area contributed by atoms with Crippen LogP contribution < -0.4 is 21.7 Å². The Kier molecular flexibility index (Phi) is 16.5. The molecular formula is C57H67FN14O7S. The largest absolute Gasteiger partial charge is 0.391 e. The highest BCUT2D eigenvalue weighted by molar-refractivity contribution is 7.13. The molecule has 0 bridgehead atoms. The van der Waals surface area contributed by atoms with Crippen molar-refractivity contribution in [1.29, 1.82) is 0 Å². The number of aromatic amines is 1. The number of likely N-dealkylation sites (tertiary alicyclic amines) is 1. The first kappa shape index (κ1) is 55.4. The number of anilines is 2. The molecule has 2 aromatic carbocycles. The van der Waals surface area contributed by atoms with Gasteiger partial charge < -0.3 is 41.1 Å². The molecule has 23 heteroatoms. The number of aryl methyl sites for hydroxylation is 2. The summed E-state index contributed by atoms with van der Waals surface area (Å²) in [5.74, 6) is -3.64. The number of fused-ring (bicyclic) bond motifs is 1. The molecule has 0 radical (unpaired) electrons. The Morgan fingerprint density at radius 2 is 1.69 bits per heavy atom. The van der Waals surface area contributed by atoms with Gasteiger partial charge in [0.05, 0.1) is 63.9 Å². The number of hydrogen-bond donors (Lipinski definition) is 6. The Morgan fingerprint density at radius 3 is 2.33 bits per heavy atom. The zero-order valence-corrected chi connectivity index (χ0v) is 46.1. The van der Waals surface area contributed by atoms with Gasteiger partial charge in [-0.1, -0.05) is 43.3 Å². The number of nitrogens with zero attached hydrogens (tertiary/aromatic N) is 9. The smallest absolute Gasteiger partial charge is 0.254 e. The summed E-state index contributed by atoms with van der Waals surface area (Å²) in [6, 6.07) is 13.6. The van der Waals surface area contributed by atoms with Crippen molar-refractivity contribution in [1.82, 2.24) is 60.0 Å². The zero-order valence-electron chi connectivity index (χ0n) is 45.3. The maximum atomic E-state index is 15.7. The third-order valence-corrected chi connectivity index (χ3v) is 16.6. The monoisotopic (exact) mass is 1110 g/mol. The maximum absolute atomic E-state index is 15.7. The number of aliphatic hydroxyl groups excluding tert-OH is 1. The van der Waals surface area contributed by atoms with Crippen LogP contribution in [0.25, 0.3) is 27.3 Å². The van der Waals surface area contributed by atoms with Crippen LogP contribution in [0.5, 0.6) is 0 Å². The van der Waals surface area contributed by atoms with Crippen LogP contribution in [-0.2, 0) is 19.2 Å². The van der Waals surface area contributed by atoms with E-state index in [9.17, 15) is 29.1 Å². The van der Waals surface area contributed by atoms with E-state index in [1.807, 2.05) is 60.5 Å². The number of hydrogen-bond acceptors (Lipinski definition) is 15. The highest BCUT2D eigenvalue weighted by Gasteiger charge is 2.59. The number of halogens is 1. The average molecular weight is 1110 g/mol. The number of unbranched alkanes of at least 4 members (excludes halogenated alkanes) is 2. The number of nitrogens with two attached hydrogens (primary N) is 1. The second-order valence-corrected chi connectivity index (χ2v) is 22.4. The molecule has 7 N–H and O–H groups in total. The summed E-state index contributed by atoms with van der Waals surface area (Å²) < 4.78 is 23.2. The van der Waals surface area contributed by atoms with Crippen LogP contribution in [0.4, 0.5) is 15.9 Å². The van der Waals surface area contributed by atoms with Gasteiger partial charge in [0, 0.05) is 100 Å². The van der Waals surface area contributed by atoms with Crippen LogP contribution in [-0.4, -0.2) is 148 Å². The lowest BCUT2D eigenvalue weighted by Gasteiger charge is -2.43. The second-order valence-electron chi connectivity index (χ2n) is 21.6. The van der Waals surface area contributed by atoms with Gasteiger partial charge in [-0.2, -0.15) is 5.10 Å². The molecule has 2 saturated heterocycles. The van der Waals surface area contributed by atoms with E-state index in [4.69, 9.17) is 15.2 Å². The van der Waals surface area contributed by atoms with Crippen LogP contribution in [0, 0.1) is 25.6 Å². The zero-order chi connectivity index (χ0) is 56.2. The third-order valence-electron chi connectivity index (χ3n) is 15.6. The predicted molar refractivity (Wildman–Crippen MR) is 297 cm³/mol. The van der Waals surface area contributed by atoms with Crippen molar-refractivity contribution in [2.75, 3.05) is 57.7 Å². The molecule has 3 aliphatic rings. The quantitative estimate of drug-likeness (QED) is 0.0413. The van der Waals surface area contributed by atoms with E-state index in [-0.39, 0.29) is 60.8 Å². The molecule has 3 fully saturated rings. The number of nitrogens with one attached hydrogen (secondary N) is 4. The molecular weight excluding hydrogens is 1040 g/mol.